The van der Waals surface area contributed by atoms with Gasteiger partial charge in [-0.2, -0.15) is 9.61 Å². The smallest absolute Gasteiger partial charge is 0.276 e. The summed E-state index contributed by atoms with van der Waals surface area (Å²) in [6, 6.07) is 13.0. The predicted octanol–water partition coefficient (Wildman–Crippen LogP) is 3.33. The number of carbonyl (C=O) groups excluding carboxylic acids is 1. The lowest BCUT2D eigenvalue weighted by Gasteiger charge is -2.32. The highest BCUT2D eigenvalue weighted by Gasteiger charge is 2.29. The fraction of sp³-hybridized carbons (Fsp3) is 0.276. The molecule has 0 aliphatic rings. The van der Waals surface area contributed by atoms with Gasteiger partial charge in [-0.3, -0.25) is 19.7 Å². The first-order valence-electron chi connectivity index (χ1n) is 13.4. The SMILES string of the molecule is CC(C)N(C(=O)c1c[nH][nH]c1=O)[C@H](C)CCc1nc2c(-c3ccc(-c4ccccc4)nc3)cnn2c(N)c1S(C)(=O)=O. The highest BCUT2D eigenvalue weighted by molar-refractivity contribution is 7.91. The number of rotatable bonds is 9. The summed E-state index contributed by atoms with van der Waals surface area (Å²) < 4.78 is 27.1. The van der Waals surface area contributed by atoms with Gasteiger partial charge < -0.3 is 15.7 Å². The standard InChI is InChI=1S/C29H32N8O4S/c1-17(2)36(29(39)22-15-32-35-28(22)38)18(3)10-12-24-25(42(4,40)41)26(30)37-27(34-24)21(16-33-37)20-11-13-23(31-14-20)19-8-6-5-7-9-19/h5-9,11,13-18H,10,12,30H2,1-4H3,(H2,32,35,38)/t18-/m1/s1. The topological polar surface area (TPSA) is 172 Å². The second kappa shape index (κ2) is 11.2. The van der Waals surface area contributed by atoms with E-state index in [2.05, 4.69) is 20.3 Å². The molecule has 13 heteroatoms. The summed E-state index contributed by atoms with van der Waals surface area (Å²) in [5.41, 5.74) is 9.76. The van der Waals surface area contributed by atoms with Crippen LogP contribution in [0.3, 0.4) is 0 Å². The molecule has 12 nitrogen and oxygen atoms in total. The monoisotopic (exact) mass is 588 g/mol. The van der Waals surface area contributed by atoms with Crippen molar-refractivity contribution in [2.24, 2.45) is 0 Å². The Morgan fingerprint density at radius 3 is 2.40 bits per heavy atom. The van der Waals surface area contributed by atoms with Crippen molar-refractivity contribution in [1.29, 1.82) is 0 Å². The van der Waals surface area contributed by atoms with Gasteiger partial charge in [0.15, 0.2) is 15.5 Å². The van der Waals surface area contributed by atoms with Gasteiger partial charge in [-0.15, -0.1) is 0 Å². The molecule has 5 rings (SSSR count). The Hall–Kier alpha value is -4.78. The molecule has 0 spiro atoms. The van der Waals surface area contributed by atoms with Gasteiger partial charge in [0.25, 0.3) is 11.5 Å². The zero-order valence-electron chi connectivity index (χ0n) is 23.7. The summed E-state index contributed by atoms with van der Waals surface area (Å²) in [6.45, 7) is 5.56. The van der Waals surface area contributed by atoms with Gasteiger partial charge in [0.05, 0.1) is 17.6 Å². The van der Waals surface area contributed by atoms with Crippen molar-refractivity contribution >= 4 is 27.2 Å². The molecule has 1 atom stereocenters. The fourth-order valence-corrected chi connectivity index (χ4v) is 6.23. The number of hydrogen-bond acceptors (Lipinski definition) is 8. The molecule has 1 aromatic carbocycles. The van der Waals surface area contributed by atoms with Crippen molar-refractivity contribution < 1.29 is 13.2 Å². The van der Waals surface area contributed by atoms with Crippen LogP contribution in [0, 0.1) is 0 Å². The van der Waals surface area contributed by atoms with E-state index >= 15 is 0 Å². The number of nitrogens with one attached hydrogen (secondary N) is 2. The fourth-order valence-electron chi connectivity index (χ4n) is 5.19. The Balaban J connectivity index is 1.50. The van der Waals surface area contributed by atoms with E-state index in [-0.39, 0.29) is 40.5 Å². The summed E-state index contributed by atoms with van der Waals surface area (Å²) >= 11 is 0. The van der Waals surface area contributed by atoms with E-state index in [1.54, 1.807) is 17.3 Å². The first kappa shape index (κ1) is 28.7. The molecule has 0 unspecified atom stereocenters. The normalized spacial score (nSPS) is 12.6. The summed E-state index contributed by atoms with van der Waals surface area (Å²) in [6.07, 6.45) is 6.31. The van der Waals surface area contributed by atoms with Crippen LogP contribution >= 0.6 is 0 Å². The maximum Gasteiger partial charge on any atom is 0.276 e. The summed E-state index contributed by atoms with van der Waals surface area (Å²) in [4.78, 5) is 36.1. The van der Waals surface area contributed by atoms with Crippen LogP contribution in [-0.4, -0.2) is 67.3 Å². The number of H-pyrrole nitrogens is 2. The van der Waals surface area contributed by atoms with E-state index in [0.717, 1.165) is 23.1 Å². The Bertz CT molecular complexity index is 1910. The number of aryl methyl sites for hydroxylation is 1. The number of nitrogens with two attached hydrogens (primary N) is 1. The van der Waals surface area contributed by atoms with Crippen LogP contribution < -0.4 is 11.3 Å². The first-order chi connectivity index (χ1) is 20.0. The summed E-state index contributed by atoms with van der Waals surface area (Å²) in [5.74, 6) is -0.461. The molecule has 0 bridgehead atoms. The van der Waals surface area contributed by atoms with Crippen molar-refractivity contribution in [3.05, 3.63) is 82.7 Å². The number of nitrogens with zero attached hydrogens (tertiary/aromatic N) is 5. The lowest BCUT2D eigenvalue weighted by atomic mass is 10.1. The van der Waals surface area contributed by atoms with Gasteiger partial charge in [-0.1, -0.05) is 36.4 Å². The van der Waals surface area contributed by atoms with E-state index in [1.807, 2.05) is 63.2 Å². The van der Waals surface area contributed by atoms with Crippen LogP contribution in [0.5, 0.6) is 0 Å². The zero-order chi connectivity index (χ0) is 30.2. The van der Waals surface area contributed by atoms with Crippen molar-refractivity contribution in [1.82, 2.24) is 34.7 Å². The van der Waals surface area contributed by atoms with Crippen molar-refractivity contribution in [3.8, 4) is 22.4 Å². The van der Waals surface area contributed by atoms with E-state index in [1.165, 1.54) is 10.7 Å². The number of pyridine rings is 1. The van der Waals surface area contributed by atoms with E-state index in [0.29, 0.717) is 17.6 Å². The highest BCUT2D eigenvalue weighted by Crippen LogP contribution is 2.31. The van der Waals surface area contributed by atoms with Gasteiger partial charge in [-0.05, 0) is 39.7 Å². The van der Waals surface area contributed by atoms with Gasteiger partial charge in [-0.25, -0.2) is 13.4 Å². The molecule has 0 saturated carbocycles. The molecule has 1 amide bonds. The van der Waals surface area contributed by atoms with Crippen LogP contribution in [0.15, 0.2) is 70.7 Å². The minimum atomic E-state index is -3.78. The number of anilines is 1. The maximum atomic E-state index is 13.2. The molecule has 0 fully saturated rings. The third-order valence-electron chi connectivity index (χ3n) is 7.16. The third kappa shape index (κ3) is 5.42. The molecular weight excluding hydrogens is 556 g/mol. The van der Waals surface area contributed by atoms with E-state index < -0.39 is 21.3 Å². The molecule has 0 aliphatic carbocycles. The number of fused-ring (bicyclic) bond motifs is 1. The first-order valence-corrected chi connectivity index (χ1v) is 15.3. The highest BCUT2D eigenvalue weighted by atomic mass is 32.2. The Morgan fingerprint density at radius 2 is 1.81 bits per heavy atom. The number of benzene rings is 1. The van der Waals surface area contributed by atoms with Gasteiger partial charge in [0.1, 0.15) is 16.3 Å². The molecular formula is C29H32N8O4S. The average Bonchev–Trinajstić information content (AvgIpc) is 3.58. The number of sulfone groups is 1. The summed E-state index contributed by atoms with van der Waals surface area (Å²) in [7, 11) is -3.78. The number of nitrogen functional groups attached to an aromatic ring is 1. The van der Waals surface area contributed by atoms with Crippen LogP contribution in [0.2, 0.25) is 0 Å². The molecule has 0 aliphatic heterocycles. The lowest BCUT2D eigenvalue weighted by molar-refractivity contribution is 0.0615. The van der Waals surface area contributed by atoms with Crippen LogP contribution in [0.1, 0.15) is 43.2 Å². The molecule has 4 aromatic heterocycles. The number of carbonyl (C=O) groups is 1. The minimum Gasteiger partial charge on any atom is -0.382 e. The lowest BCUT2D eigenvalue weighted by Crippen LogP contribution is -2.45. The number of aromatic amines is 2. The Labute approximate surface area is 242 Å². The zero-order valence-corrected chi connectivity index (χ0v) is 24.5. The molecule has 0 saturated heterocycles. The number of amides is 1. The molecule has 218 valence electrons. The minimum absolute atomic E-state index is 0.00644. The van der Waals surface area contributed by atoms with E-state index in [9.17, 15) is 18.0 Å². The van der Waals surface area contributed by atoms with Crippen LogP contribution in [0.25, 0.3) is 28.0 Å². The van der Waals surface area contributed by atoms with Crippen molar-refractivity contribution in [3.63, 3.8) is 0 Å². The van der Waals surface area contributed by atoms with Gasteiger partial charge in [0.2, 0.25) is 0 Å². The second-order valence-electron chi connectivity index (χ2n) is 10.5. The van der Waals surface area contributed by atoms with Crippen LogP contribution in [-0.2, 0) is 16.3 Å². The third-order valence-corrected chi connectivity index (χ3v) is 8.35. The van der Waals surface area contributed by atoms with Gasteiger partial charge >= 0.3 is 0 Å². The Kier molecular flexibility index (Phi) is 7.69. The summed E-state index contributed by atoms with van der Waals surface area (Å²) in [5, 5.41) is 9.29. The Morgan fingerprint density at radius 1 is 1.07 bits per heavy atom. The quantitative estimate of drug-likeness (QED) is 0.235. The second-order valence-corrected chi connectivity index (χ2v) is 12.4. The predicted molar refractivity (Wildman–Crippen MR) is 160 cm³/mol. The van der Waals surface area contributed by atoms with Gasteiger partial charge in [0, 0.05) is 47.4 Å². The molecule has 4 heterocycles. The maximum absolute atomic E-state index is 13.2. The molecule has 0 radical (unpaired) electrons. The molecule has 42 heavy (non-hydrogen) atoms. The largest absolute Gasteiger partial charge is 0.382 e. The van der Waals surface area contributed by atoms with Crippen LogP contribution in [0.4, 0.5) is 5.82 Å². The average molecular weight is 589 g/mol. The van der Waals surface area contributed by atoms with Crippen molar-refractivity contribution in [2.75, 3.05) is 12.0 Å². The number of hydrogen-bond donors (Lipinski definition) is 3. The van der Waals surface area contributed by atoms with Crippen molar-refractivity contribution in [2.45, 2.75) is 50.6 Å². The number of aromatic nitrogens is 6. The molecule has 5 aromatic rings. The van der Waals surface area contributed by atoms with E-state index in [4.69, 9.17) is 10.7 Å². The molecule has 4 N–H and O–H groups in total.